The fourth-order valence-electron chi connectivity index (χ4n) is 4.85. The van der Waals surface area contributed by atoms with Crippen molar-refractivity contribution < 1.29 is 9.53 Å². The molecule has 0 spiro atoms. The number of esters is 1. The average Bonchev–Trinajstić information content (AvgIpc) is 3.23. The van der Waals surface area contributed by atoms with Gasteiger partial charge in [-0.15, -0.1) is 0 Å². The summed E-state index contributed by atoms with van der Waals surface area (Å²) in [4.78, 5) is 22.9. The molecular weight excluding hydrogens is 398 g/mol. The molecule has 0 saturated heterocycles. The number of aryl methyl sites for hydroxylation is 1. The lowest BCUT2D eigenvalue weighted by Crippen LogP contribution is -2.30. The zero-order valence-electron chi connectivity index (χ0n) is 19.0. The maximum Gasteiger partial charge on any atom is 0.339 e. The van der Waals surface area contributed by atoms with Crippen LogP contribution in [0.3, 0.4) is 0 Å². The molecule has 1 aliphatic rings. The van der Waals surface area contributed by atoms with Crippen LogP contribution >= 0.6 is 0 Å². The minimum atomic E-state index is -0.285. The van der Waals surface area contributed by atoms with E-state index < -0.39 is 0 Å². The van der Waals surface area contributed by atoms with Crippen LogP contribution in [0.5, 0.6) is 0 Å². The third kappa shape index (κ3) is 3.66. The first-order valence-corrected chi connectivity index (χ1v) is 11.5. The molecule has 32 heavy (non-hydrogen) atoms. The van der Waals surface area contributed by atoms with Gasteiger partial charge in [0.15, 0.2) is 0 Å². The van der Waals surface area contributed by atoms with Crippen LogP contribution in [0.15, 0.2) is 54.9 Å². The van der Waals surface area contributed by atoms with Crippen molar-refractivity contribution in [1.29, 1.82) is 0 Å². The molecule has 3 heterocycles. The predicted molar refractivity (Wildman–Crippen MR) is 126 cm³/mol. The van der Waals surface area contributed by atoms with E-state index in [0.717, 1.165) is 59.2 Å². The molecule has 0 unspecified atom stereocenters. The van der Waals surface area contributed by atoms with Gasteiger partial charge in [0.2, 0.25) is 0 Å². The van der Waals surface area contributed by atoms with Crippen molar-refractivity contribution in [3.63, 3.8) is 0 Å². The van der Waals surface area contributed by atoms with Gasteiger partial charge in [-0.3, -0.25) is 4.98 Å². The highest BCUT2D eigenvalue weighted by Crippen LogP contribution is 2.41. The zero-order chi connectivity index (χ0) is 22.3. The smallest absolute Gasteiger partial charge is 0.339 e. The maximum atomic E-state index is 13.5. The van der Waals surface area contributed by atoms with E-state index in [9.17, 15) is 4.79 Å². The number of aromatic nitrogens is 3. The molecule has 1 atom stereocenters. The second-order valence-corrected chi connectivity index (χ2v) is 9.49. The number of fused-ring (bicyclic) bond motifs is 3. The third-order valence-electron chi connectivity index (χ3n) is 7.24. The highest BCUT2D eigenvalue weighted by molar-refractivity contribution is 6.05. The van der Waals surface area contributed by atoms with Crippen molar-refractivity contribution in [3.8, 4) is 0 Å². The summed E-state index contributed by atoms with van der Waals surface area (Å²) < 4.78 is 7.76. The van der Waals surface area contributed by atoms with Crippen molar-refractivity contribution in [1.82, 2.24) is 14.4 Å². The van der Waals surface area contributed by atoms with E-state index in [0.29, 0.717) is 11.5 Å². The van der Waals surface area contributed by atoms with Gasteiger partial charge in [-0.25, -0.2) is 9.78 Å². The first-order valence-electron chi connectivity index (χ1n) is 11.5. The minimum absolute atomic E-state index is 0.149. The lowest BCUT2D eigenvalue weighted by Gasteiger charge is -2.37. The summed E-state index contributed by atoms with van der Waals surface area (Å²) in [6.45, 7) is 7.06. The van der Waals surface area contributed by atoms with Gasteiger partial charge >= 0.3 is 5.97 Å². The molecule has 3 aromatic heterocycles. The Hall–Kier alpha value is -3.21. The van der Waals surface area contributed by atoms with E-state index in [-0.39, 0.29) is 18.0 Å². The van der Waals surface area contributed by atoms with Crippen LogP contribution in [-0.2, 0) is 24.2 Å². The molecule has 0 aliphatic heterocycles. The fraction of sp³-hybridized carbons (Fsp3) is 0.370. The summed E-state index contributed by atoms with van der Waals surface area (Å²) in [5.41, 5.74) is 5.47. The standard InChI is InChI=1S/C27H29N3O2/c1-4-27(2,3)18-12-13-23-21(15-18)25(20-9-5-6-10-22(20)29-23)26(31)32-17-19-16-30-14-8-7-11-24(30)28-19/h5-11,14,16,18H,4,12-13,15,17H2,1-3H3/t18-/m0/s1. The number of para-hydroxylation sites is 1. The molecule has 4 aromatic rings. The highest BCUT2D eigenvalue weighted by atomic mass is 16.5. The van der Waals surface area contributed by atoms with Crippen molar-refractivity contribution in [2.24, 2.45) is 11.3 Å². The molecule has 0 radical (unpaired) electrons. The highest BCUT2D eigenvalue weighted by Gasteiger charge is 2.34. The molecule has 5 nitrogen and oxygen atoms in total. The van der Waals surface area contributed by atoms with Crippen LogP contribution in [0, 0.1) is 11.3 Å². The summed E-state index contributed by atoms with van der Waals surface area (Å²) >= 11 is 0. The van der Waals surface area contributed by atoms with E-state index >= 15 is 0 Å². The topological polar surface area (TPSA) is 56.5 Å². The van der Waals surface area contributed by atoms with Crippen molar-refractivity contribution in [2.45, 2.75) is 53.1 Å². The molecule has 1 aromatic carbocycles. The van der Waals surface area contributed by atoms with Gasteiger partial charge < -0.3 is 9.14 Å². The summed E-state index contributed by atoms with van der Waals surface area (Å²) in [6.07, 6.45) is 7.84. The Balaban J connectivity index is 1.50. The Kier molecular flexibility index (Phi) is 5.20. The Morgan fingerprint density at radius 1 is 1.16 bits per heavy atom. The summed E-state index contributed by atoms with van der Waals surface area (Å²) in [6, 6.07) is 13.7. The van der Waals surface area contributed by atoms with Crippen LogP contribution in [0.1, 0.15) is 60.9 Å². The maximum absolute atomic E-state index is 13.5. The number of imidazole rings is 1. The van der Waals surface area contributed by atoms with Crippen LogP contribution < -0.4 is 0 Å². The molecule has 0 fully saturated rings. The monoisotopic (exact) mass is 427 g/mol. The van der Waals surface area contributed by atoms with Crippen molar-refractivity contribution in [3.05, 3.63) is 77.4 Å². The van der Waals surface area contributed by atoms with Gasteiger partial charge in [0.05, 0.1) is 16.8 Å². The summed E-state index contributed by atoms with van der Waals surface area (Å²) in [7, 11) is 0. The van der Waals surface area contributed by atoms with E-state index in [4.69, 9.17) is 9.72 Å². The van der Waals surface area contributed by atoms with Crippen LogP contribution in [-0.4, -0.2) is 20.3 Å². The van der Waals surface area contributed by atoms with E-state index in [1.807, 2.05) is 59.3 Å². The summed E-state index contributed by atoms with van der Waals surface area (Å²) in [5.74, 6) is 0.236. The lowest BCUT2D eigenvalue weighted by molar-refractivity contribution is 0.0467. The second kappa shape index (κ2) is 8.05. The number of carbonyl (C=O) groups is 1. The normalized spacial score (nSPS) is 16.3. The average molecular weight is 428 g/mol. The first kappa shape index (κ1) is 20.7. The number of benzene rings is 1. The minimum Gasteiger partial charge on any atom is -0.455 e. The Labute approximate surface area is 188 Å². The molecule has 0 saturated carbocycles. The Morgan fingerprint density at radius 3 is 2.78 bits per heavy atom. The molecule has 1 aliphatic carbocycles. The zero-order valence-corrected chi connectivity index (χ0v) is 19.0. The van der Waals surface area contributed by atoms with Crippen molar-refractivity contribution >= 4 is 22.5 Å². The van der Waals surface area contributed by atoms with E-state index in [1.165, 1.54) is 0 Å². The largest absolute Gasteiger partial charge is 0.455 e. The van der Waals surface area contributed by atoms with E-state index in [1.54, 1.807) is 0 Å². The Morgan fingerprint density at radius 2 is 1.97 bits per heavy atom. The molecular formula is C27H29N3O2. The van der Waals surface area contributed by atoms with Gasteiger partial charge in [-0.2, -0.15) is 0 Å². The second-order valence-electron chi connectivity index (χ2n) is 9.49. The van der Waals surface area contributed by atoms with Gasteiger partial charge in [0, 0.05) is 23.5 Å². The van der Waals surface area contributed by atoms with Crippen LogP contribution in [0.4, 0.5) is 0 Å². The number of hydrogen-bond donors (Lipinski definition) is 0. The number of ether oxygens (including phenoxy) is 1. The molecule has 5 heteroatoms. The third-order valence-corrected chi connectivity index (χ3v) is 7.24. The molecule has 0 bridgehead atoms. The number of rotatable bonds is 5. The van der Waals surface area contributed by atoms with Crippen LogP contribution in [0.2, 0.25) is 0 Å². The predicted octanol–water partition coefficient (Wildman–Crippen LogP) is 5.78. The van der Waals surface area contributed by atoms with Crippen LogP contribution in [0.25, 0.3) is 16.6 Å². The first-order chi connectivity index (χ1) is 15.5. The number of carbonyl (C=O) groups excluding carboxylic acids is 1. The molecule has 5 rings (SSSR count). The number of pyridine rings is 2. The fourth-order valence-corrected chi connectivity index (χ4v) is 4.85. The summed E-state index contributed by atoms with van der Waals surface area (Å²) in [5, 5.41) is 0.876. The van der Waals surface area contributed by atoms with Gasteiger partial charge in [0.25, 0.3) is 0 Å². The Bertz CT molecular complexity index is 1270. The SMILES string of the molecule is CCC(C)(C)[C@H]1CCc2nc3ccccc3c(C(=O)OCc3cn4ccccc4n3)c2C1. The molecule has 0 N–H and O–H groups in total. The van der Waals surface area contributed by atoms with Gasteiger partial charge in [-0.1, -0.05) is 51.5 Å². The number of nitrogens with zero attached hydrogens (tertiary/aromatic N) is 3. The molecule has 164 valence electrons. The van der Waals surface area contributed by atoms with Gasteiger partial charge in [-0.05, 0) is 54.4 Å². The quantitative estimate of drug-likeness (QED) is 0.379. The van der Waals surface area contributed by atoms with Crippen molar-refractivity contribution in [2.75, 3.05) is 0 Å². The van der Waals surface area contributed by atoms with Gasteiger partial charge in [0.1, 0.15) is 12.3 Å². The number of hydrogen-bond acceptors (Lipinski definition) is 4. The molecule has 0 amide bonds. The van der Waals surface area contributed by atoms with E-state index in [2.05, 4.69) is 25.8 Å². The lowest BCUT2D eigenvalue weighted by atomic mass is 9.68.